The zero-order chi connectivity index (χ0) is 24.4. The highest BCUT2D eigenvalue weighted by Crippen LogP contribution is 2.21. The Morgan fingerprint density at radius 2 is 1.61 bits per heavy atom. The quantitative estimate of drug-likeness (QED) is 0.403. The van der Waals surface area contributed by atoms with Gasteiger partial charge in [-0.3, -0.25) is 0 Å². The molecule has 0 aliphatic rings. The van der Waals surface area contributed by atoms with Crippen LogP contribution in [0.2, 0.25) is 0 Å². The third-order valence-electron chi connectivity index (χ3n) is 5.31. The molecule has 0 radical (unpaired) electrons. The van der Waals surface area contributed by atoms with Crippen LogP contribution in [-0.2, 0) is 16.4 Å². The molecule has 3 N–H and O–H groups in total. The molecule has 0 amide bonds. The van der Waals surface area contributed by atoms with Gasteiger partial charge in [-0.05, 0) is 60.7 Å². The monoisotopic (exact) mass is 478 g/mol. The lowest BCUT2D eigenvalue weighted by atomic mass is 10.0. The summed E-state index contributed by atoms with van der Waals surface area (Å²) >= 11 is 0. The van der Waals surface area contributed by atoms with Crippen LogP contribution in [0.25, 0.3) is 0 Å². The Morgan fingerprint density at radius 1 is 1.00 bits per heavy atom. The minimum Gasteiger partial charge on any atom is -0.497 e. The van der Waals surface area contributed by atoms with Gasteiger partial charge in [0, 0.05) is 19.1 Å². The van der Waals surface area contributed by atoms with E-state index in [0.29, 0.717) is 18.8 Å². The van der Waals surface area contributed by atoms with Crippen molar-refractivity contribution in [1.29, 1.82) is 0 Å². The summed E-state index contributed by atoms with van der Waals surface area (Å²) in [5.74, 6) is 1.46. The highest BCUT2D eigenvalue weighted by molar-refractivity contribution is 7.89. The summed E-state index contributed by atoms with van der Waals surface area (Å²) in [7, 11) is -2.27. The predicted octanol–water partition coefficient (Wildman–Crippen LogP) is 3.45. The van der Waals surface area contributed by atoms with Crippen molar-refractivity contribution >= 4 is 10.0 Å². The van der Waals surface area contributed by atoms with Gasteiger partial charge in [-0.1, -0.05) is 39.3 Å². The fraction of sp³-hybridized carbons (Fsp3) is 0.520. The normalized spacial score (nSPS) is 13.8. The van der Waals surface area contributed by atoms with E-state index in [-0.39, 0.29) is 23.9 Å². The maximum atomic E-state index is 13.2. The van der Waals surface area contributed by atoms with Crippen LogP contribution >= 0.6 is 0 Å². The molecule has 2 aromatic carbocycles. The van der Waals surface area contributed by atoms with E-state index in [2.05, 4.69) is 6.92 Å². The van der Waals surface area contributed by atoms with E-state index in [0.717, 1.165) is 24.2 Å². The number of aliphatic hydroxyl groups excluding tert-OH is 1. The maximum absolute atomic E-state index is 13.2. The number of nitrogens with zero attached hydrogens (tertiary/aromatic N) is 1. The van der Waals surface area contributed by atoms with Crippen LogP contribution in [0.5, 0.6) is 11.5 Å². The van der Waals surface area contributed by atoms with Gasteiger partial charge in [-0.2, -0.15) is 4.31 Å². The van der Waals surface area contributed by atoms with Crippen molar-refractivity contribution in [1.82, 2.24) is 4.31 Å². The molecule has 0 heterocycles. The Bertz CT molecular complexity index is 930. The van der Waals surface area contributed by atoms with Crippen molar-refractivity contribution in [3.63, 3.8) is 0 Å². The first kappa shape index (κ1) is 27.1. The number of methoxy groups -OCH3 is 1. The standard InChI is InChI=1S/C25H38N2O5S/c1-5-6-15-32-22-9-7-20(8-10-22)16-24(26)25(28)18-27(17-19(2)3)33(29,30)23-13-11-21(31-4)12-14-23/h7-14,19,24-25,28H,5-6,15-18,26H2,1-4H3/t24-,25+/m0/s1. The second-order valence-electron chi connectivity index (χ2n) is 8.67. The Kier molecular flexibility index (Phi) is 10.6. The molecular formula is C25H38N2O5S. The van der Waals surface area contributed by atoms with Crippen LogP contribution in [0.3, 0.4) is 0 Å². The van der Waals surface area contributed by atoms with Crippen LogP contribution in [-0.4, -0.2) is 56.8 Å². The number of ether oxygens (including phenoxy) is 2. The molecular weight excluding hydrogens is 440 g/mol. The van der Waals surface area contributed by atoms with Crippen molar-refractivity contribution in [2.24, 2.45) is 11.7 Å². The molecule has 0 saturated heterocycles. The van der Waals surface area contributed by atoms with Gasteiger partial charge >= 0.3 is 0 Å². The summed E-state index contributed by atoms with van der Waals surface area (Å²) in [5, 5.41) is 10.8. The van der Waals surface area contributed by atoms with Crippen LogP contribution < -0.4 is 15.2 Å². The number of sulfonamides is 1. The number of hydrogen-bond donors (Lipinski definition) is 2. The van der Waals surface area contributed by atoms with Crippen LogP contribution in [0.1, 0.15) is 39.2 Å². The van der Waals surface area contributed by atoms with Gasteiger partial charge in [0.05, 0.1) is 24.7 Å². The molecule has 2 aromatic rings. The van der Waals surface area contributed by atoms with E-state index < -0.39 is 22.2 Å². The summed E-state index contributed by atoms with van der Waals surface area (Å²) in [4.78, 5) is 0.156. The Labute approximate surface area is 198 Å². The zero-order valence-corrected chi connectivity index (χ0v) is 20.9. The molecule has 0 aromatic heterocycles. The molecule has 0 saturated carbocycles. The number of aliphatic hydroxyl groups is 1. The van der Waals surface area contributed by atoms with E-state index in [4.69, 9.17) is 15.2 Å². The molecule has 0 spiro atoms. The fourth-order valence-corrected chi connectivity index (χ4v) is 5.00. The van der Waals surface area contributed by atoms with E-state index in [1.807, 2.05) is 38.1 Å². The minimum atomic E-state index is -3.79. The third-order valence-corrected chi connectivity index (χ3v) is 7.16. The van der Waals surface area contributed by atoms with Crippen LogP contribution in [0.15, 0.2) is 53.4 Å². The highest BCUT2D eigenvalue weighted by Gasteiger charge is 2.29. The molecule has 8 heteroatoms. The highest BCUT2D eigenvalue weighted by atomic mass is 32.2. The average Bonchev–Trinajstić information content (AvgIpc) is 2.79. The van der Waals surface area contributed by atoms with E-state index >= 15 is 0 Å². The first-order valence-electron chi connectivity index (χ1n) is 11.5. The topological polar surface area (TPSA) is 102 Å². The summed E-state index contributed by atoms with van der Waals surface area (Å²) in [6, 6.07) is 13.3. The number of nitrogens with two attached hydrogens (primary N) is 1. The fourth-order valence-electron chi connectivity index (χ4n) is 3.38. The van der Waals surface area contributed by atoms with Crippen molar-refractivity contribution in [3.05, 3.63) is 54.1 Å². The van der Waals surface area contributed by atoms with Gasteiger partial charge in [0.25, 0.3) is 0 Å². The molecule has 2 atom stereocenters. The zero-order valence-electron chi connectivity index (χ0n) is 20.1. The van der Waals surface area contributed by atoms with Gasteiger partial charge < -0.3 is 20.3 Å². The van der Waals surface area contributed by atoms with Gasteiger partial charge in [0.15, 0.2) is 0 Å². The van der Waals surface area contributed by atoms with E-state index in [1.165, 1.54) is 23.5 Å². The Morgan fingerprint density at radius 3 is 2.15 bits per heavy atom. The van der Waals surface area contributed by atoms with Crippen LogP contribution in [0, 0.1) is 5.92 Å². The Balaban J connectivity index is 2.06. The lowest BCUT2D eigenvalue weighted by Gasteiger charge is -2.28. The van der Waals surface area contributed by atoms with Gasteiger partial charge in [0.1, 0.15) is 11.5 Å². The lowest BCUT2D eigenvalue weighted by Crippen LogP contribution is -2.47. The van der Waals surface area contributed by atoms with Crippen molar-refractivity contribution < 1.29 is 23.0 Å². The Hall–Kier alpha value is -2.13. The second kappa shape index (κ2) is 12.9. The predicted molar refractivity (Wildman–Crippen MR) is 131 cm³/mol. The molecule has 7 nitrogen and oxygen atoms in total. The van der Waals surface area contributed by atoms with Gasteiger partial charge in [-0.15, -0.1) is 0 Å². The van der Waals surface area contributed by atoms with Gasteiger partial charge in [0.2, 0.25) is 10.0 Å². The molecule has 0 aliphatic carbocycles. The summed E-state index contributed by atoms with van der Waals surface area (Å²) < 4.78 is 38.6. The second-order valence-corrected chi connectivity index (χ2v) is 10.6. The number of rotatable bonds is 14. The lowest BCUT2D eigenvalue weighted by molar-refractivity contribution is 0.116. The van der Waals surface area contributed by atoms with Crippen molar-refractivity contribution in [2.75, 3.05) is 26.8 Å². The average molecular weight is 479 g/mol. The maximum Gasteiger partial charge on any atom is 0.243 e. The van der Waals surface area contributed by atoms with E-state index in [1.54, 1.807) is 12.1 Å². The van der Waals surface area contributed by atoms with E-state index in [9.17, 15) is 13.5 Å². The molecule has 33 heavy (non-hydrogen) atoms. The first-order valence-corrected chi connectivity index (χ1v) is 12.9. The number of benzene rings is 2. The van der Waals surface area contributed by atoms with Crippen molar-refractivity contribution in [3.8, 4) is 11.5 Å². The number of unbranched alkanes of at least 4 members (excludes halogenated alkanes) is 1. The summed E-state index contributed by atoms with van der Waals surface area (Å²) in [6.07, 6.45) is 1.49. The molecule has 0 unspecified atom stereocenters. The smallest absolute Gasteiger partial charge is 0.243 e. The molecule has 2 rings (SSSR count). The van der Waals surface area contributed by atoms with Crippen LogP contribution in [0.4, 0.5) is 0 Å². The first-order chi connectivity index (χ1) is 15.7. The molecule has 0 aliphatic heterocycles. The summed E-state index contributed by atoms with van der Waals surface area (Å²) in [6.45, 7) is 6.87. The molecule has 0 bridgehead atoms. The number of hydrogen-bond acceptors (Lipinski definition) is 6. The third kappa shape index (κ3) is 8.30. The SMILES string of the molecule is CCCCOc1ccc(C[C@H](N)[C@H](O)CN(CC(C)C)S(=O)(=O)c2ccc(OC)cc2)cc1. The minimum absolute atomic E-state index is 0.0775. The largest absolute Gasteiger partial charge is 0.497 e. The van der Waals surface area contributed by atoms with Gasteiger partial charge in [-0.25, -0.2) is 8.42 Å². The van der Waals surface area contributed by atoms with Crippen molar-refractivity contribution in [2.45, 2.75) is 57.1 Å². The molecule has 0 fully saturated rings. The summed E-state index contributed by atoms with van der Waals surface area (Å²) in [5.41, 5.74) is 7.22. The molecule has 184 valence electrons.